The highest BCUT2D eigenvalue weighted by atomic mass is 35.5. The van der Waals surface area contributed by atoms with Crippen molar-refractivity contribution in [3.63, 3.8) is 0 Å². The van der Waals surface area contributed by atoms with Crippen LogP contribution in [0.3, 0.4) is 0 Å². The number of hydrogen-bond acceptors (Lipinski definition) is 2. The highest BCUT2D eigenvalue weighted by Gasteiger charge is 2.40. The zero-order valence-corrected chi connectivity index (χ0v) is 13.1. The van der Waals surface area contributed by atoms with Crippen LogP contribution in [-0.2, 0) is 4.79 Å². The molecule has 0 radical (unpaired) electrons. The van der Waals surface area contributed by atoms with Gasteiger partial charge >= 0.3 is 0 Å². The van der Waals surface area contributed by atoms with Gasteiger partial charge in [0.2, 0.25) is 0 Å². The second-order valence-electron chi connectivity index (χ2n) is 6.26. The monoisotopic (exact) mass is 307 g/mol. The standard InChI is InChI=1S/C17H22ClNO2/c1-2-16(21-14-5-3-4-13(18)10-14)17(20)19-15-9-11-6-7-12(15)8-11/h3-5,10-12,15-16H,2,6-9H2,1H3,(H,19,20). The van der Waals surface area contributed by atoms with Gasteiger partial charge in [-0.15, -0.1) is 0 Å². The van der Waals surface area contributed by atoms with E-state index in [1.54, 1.807) is 12.1 Å². The Morgan fingerprint density at radius 1 is 1.43 bits per heavy atom. The van der Waals surface area contributed by atoms with Gasteiger partial charge in [-0.25, -0.2) is 0 Å². The van der Waals surface area contributed by atoms with Gasteiger partial charge in [0, 0.05) is 11.1 Å². The predicted molar refractivity (Wildman–Crippen MR) is 83.5 cm³/mol. The SMILES string of the molecule is CCC(Oc1cccc(Cl)c1)C(=O)NC1CC2CCC1C2. The number of carbonyl (C=O) groups excluding carboxylic acids is 1. The number of amides is 1. The number of nitrogens with one attached hydrogen (secondary N) is 1. The molecular weight excluding hydrogens is 286 g/mol. The van der Waals surface area contributed by atoms with E-state index >= 15 is 0 Å². The normalized spacial score (nSPS) is 28.4. The van der Waals surface area contributed by atoms with Gasteiger partial charge < -0.3 is 10.1 Å². The number of ether oxygens (including phenoxy) is 1. The number of benzene rings is 1. The lowest BCUT2D eigenvalue weighted by Gasteiger charge is -2.25. The van der Waals surface area contributed by atoms with Crippen molar-refractivity contribution in [1.82, 2.24) is 5.32 Å². The van der Waals surface area contributed by atoms with Gasteiger partial charge in [0.05, 0.1) is 0 Å². The second-order valence-corrected chi connectivity index (χ2v) is 6.70. The largest absolute Gasteiger partial charge is 0.481 e. The maximum absolute atomic E-state index is 12.4. The van der Waals surface area contributed by atoms with E-state index in [9.17, 15) is 4.79 Å². The molecule has 0 aliphatic heterocycles. The van der Waals surface area contributed by atoms with Crippen molar-refractivity contribution < 1.29 is 9.53 Å². The first kappa shape index (κ1) is 14.7. The van der Waals surface area contributed by atoms with E-state index in [4.69, 9.17) is 16.3 Å². The van der Waals surface area contributed by atoms with Crippen molar-refractivity contribution in [1.29, 1.82) is 0 Å². The smallest absolute Gasteiger partial charge is 0.261 e. The lowest BCUT2D eigenvalue weighted by atomic mass is 9.95. The Hall–Kier alpha value is -1.22. The fourth-order valence-electron chi connectivity index (χ4n) is 3.72. The fourth-order valence-corrected chi connectivity index (χ4v) is 3.90. The molecule has 0 heterocycles. The Kier molecular flexibility index (Phi) is 4.39. The third kappa shape index (κ3) is 3.34. The van der Waals surface area contributed by atoms with Crippen molar-refractivity contribution in [2.75, 3.05) is 0 Å². The van der Waals surface area contributed by atoms with Crippen LogP contribution in [0.1, 0.15) is 39.0 Å². The van der Waals surface area contributed by atoms with Gasteiger partial charge in [-0.3, -0.25) is 4.79 Å². The van der Waals surface area contributed by atoms with Crippen LogP contribution in [0.5, 0.6) is 5.75 Å². The molecule has 1 aromatic carbocycles. The number of halogens is 1. The van der Waals surface area contributed by atoms with Gasteiger partial charge in [0.1, 0.15) is 5.75 Å². The minimum atomic E-state index is -0.442. The molecule has 0 aromatic heterocycles. The molecule has 21 heavy (non-hydrogen) atoms. The van der Waals surface area contributed by atoms with E-state index in [-0.39, 0.29) is 5.91 Å². The van der Waals surface area contributed by atoms with Gasteiger partial charge in [-0.05, 0) is 55.7 Å². The molecule has 2 bridgehead atoms. The maximum atomic E-state index is 12.4. The van der Waals surface area contributed by atoms with Crippen LogP contribution in [-0.4, -0.2) is 18.1 Å². The average Bonchev–Trinajstić information content (AvgIpc) is 3.07. The van der Waals surface area contributed by atoms with Crippen molar-refractivity contribution in [3.05, 3.63) is 29.3 Å². The molecule has 0 saturated heterocycles. The first-order valence-corrected chi connectivity index (χ1v) is 8.26. The Balaban J connectivity index is 1.59. The lowest BCUT2D eigenvalue weighted by molar-refractivity contribution is -0.129. The molecule has 4 atom stereocenters. The number of rotatable bonds is 5. The highest BCUT2D eigenvalue weighted by molar-refractivity contribution is 6.30. The zero-order valence-electron chi connectivity index (χ0n) is 12.3. The van der Waals surface area contributed by atoms with Crippen molar-refractivity contribution in [2.24, 2.45) is 11.8 Å². The maximum Gasteiger partial charge on any atom is 0.261 e. The van der Waals surface area contributed by atoms with Crippen LogP contribution in [0.4, 0.5) is 0 Å². The molecule has 114 valence electrons. The fraction of sp³-hybridized carbons (Fsp3) is 0.588. The summed E-state index contributed by atoms with van der Waals surface area (Å²) in [7, 11) is 0. The molecule has 2 aliphatic carbocycles. The molecule has 1 aromatic rings. The van der Waals surface area contributed by atoms with Crippen molar-refractivity contribution >= 4 is 17.5 Å². The van der Waals surface area contributed by atoms with Crippen molar-refractivity contribution in [2.45, 2.75) is 51.2 Å². The summed E-state index contributed by atoms with van der Waals surface area (Å²) in [5.41, 5.74) is 0. The lowest BCUT2D eigenvalue weighted by Crippen LogP contribution is -2.45. The summed E-state index contributed by atoms with van der Waals surface area (Å²) in [6.07, 6.45) is 5.25. The highest BCUT2D eigenvalue weighted by Crippen LogP contribution is 2.44. The molecular formula is C17H22ClNO2. The third-order valence-electron chi connectivity index (χ3n) is 4.80. The summed E-state index contributed by atoms with van der Waals surface area (Å²) in [4.78, 5) is 12.4. The quantitative estimate of drug-likeness (QED) is 0.898. The van der Waals surface area contributed by atoms with Crippen LogP contribution >= 0.6 is 11.6 Å². The molecule has 1 amide bonds. The van der Waals surface area contributed by atoms with E-state index in [1.165, 1.54) is 19.3 Å². The summed E-state index contributed by atoms with van der Waals surface area (Å²) < 4.78 is 5.80. The number of carbonyl (C=O) groups is 1. The van der Waals surface area contributed by atoms with E-state index in [0.717, 1.165) is 12.3 Å². The summed E-state index contributed by atoms with van der Waals surface area (Å²) in [6.45, 7) is 1.97. The second kappa shape index (κ2) is 6.27. The molecule has 1 N–H and O–H groups in total. The first-order chi connectivity index (χ1) is 10.2. The zero-order chi connectivity index (χ0) is 14.8. The van der Waals surface area contributed by atoms with Gasteiger partial charge in [-0.1, -0.05) is 31.0 Å². The Morgan fingerprint density at radius 3 is 2.90 bits per heavy atom. The molecule has 2 fully saturated rings. The minimum Gasteiger partial charge on any atom is -0.481 e. The third-order valence-corrected chi connectivity index (χ3v) is 5.04. The van der Waals surface area contributed by atoms with Crippen LogP contribution in [0.2, 0.25) is 5.02 Å². The Bertz CT molecular complexity index is 519. The molecule has 0 spiro atoms. The van der Waals surface area contributed by atoms with E-state index in [1.807, 2.05) is 19.1 Å². The predicted octanol–water partition coefficient (Wildman–Crippen LogP) is 3.80. The summed E-state index contributed by atoms with van der Waals surface area (Å²) >= 11 is 5.95. The minimum absolute atomic E-state index is 0.00928. The van der Waals surface area contributed by atoms with Crippen LogP contribution in [0, 0.1) is 11.8 Å². The topological polar surface area (TPSA) is 38.3 Å². The average molecular weight is 308 g/mol. The van der Waals surface area contributed by atoms with Crippen LogP contribution in [0.15, 0.2) is 24.3 Å². The Labute approximate surface area is 131 Å². The molecule has 3 rings (SSSR count). The Morgan fingerprint density at radius 2 is 2.29 bits per heavy atom. The summed E-state index contributed by atoms with van der Waals surface area (Å²) in [5.74, 6) is 2.17. The summed E-state index contributed by atoms with van der Waals surface area (Å²) in [5, 5.41) is 3.82. The molecule has 4 heteroatoms. The molecule has 3 nitrogen and oxygen atoms in total. The first-order valence-electron chi connectivity index (χ1n) is 7.88. The van der Waals surface area contributed by atoms with Crippen LogP contribution < -0.4 is 10.1 Å². The van der Waals surface area contributed by atoms with Gasteiger partial charge in [0.15, 0.2) is 6.10 Å². The molecule has 4 unspecified atom stereocenters. The van der Waals surface area contributed by atoms with Gasteiger partial charge in [0.25, 0.3) is 5.91 Å². The molecule has 2 aliphatic rings. The van der Waals surface area contributed by atoms with Crippen LogP contribution in [0.25, 0.3) is 0 Å². The molecule has 2 saturated carbocycles. The number of hydrogen-bond donors (Lipinski definition) is 1. The van der Waals surface area contributed by atoms with Gasteiger partial charge in [-0.2, -0.15) is 0 Å². The van der Waals surface area contributed by atoms with E-state index in [2.05, 4.69) is 5.32 Å². The summed E-state index contributed by atoms with van der Waals surface area (Å²) in [6, 6.07) is 7.56. The van der Waals surface area contributed by atoms with E-state index < -0.39 is 6.10 Å². The van der Waals surface area contributed by atoms with E-state index in [0.29, 0.717) is 29.2 Å². The number of fused-ring (bicyclic) bond motifs is 2. The van der Waals surface area contributed by atoms with Crippen molar-refractivity contribution in [3.8, 4) is 5.75 Å².